The Morgan fingerprint density at radius 2 is 1.94 bits per heavy atom. The van der Waals surface area contributed by atoms with E-state index >= 15 is 0 Å². The summed E-state index contributed by atoms with van der Waals surface area (Å²) < 4.78 is 4.07. The van der Waals surface area contributed by atoms with Crippen LogP contribution in [0.15, 0.2) is 0 Å². The van der Waals surface area contributed by atoms with Gasteiger partial charge in [0, 0.05) is 13.1 Å². The number of hydrogen-bond acceptors (Lipinski definition) is 3. The number of hydrogen-bond donors (Lipinski definition) is 1. The molecule has 0 aliphatic carbocycles. The fourth-order valence-corrected chi connectivity index (χ4v) is 2.13. The quantitative estimate of drug-likeness (QED) is 0.909. The predicted octanol–water partition coefficient (Wildman–Crippen LogP) is 2.58. The van der Waals surface area contributed by atoms with Gasteiger partial charge in [-0.05, 0) is 25.7 Å². The van der Waals surface area contributed by atoms with Gasteiger partial charge in [0.05, 0.1) is 5.69 Å². The number of nitrogen functional groups attached to an aromatic ring is 1. The van der Waals surface area contributed by atoms with Crippen LogP contribution in [0, 0.1) is 12.3 Å². The standard InChI is InChI=1S/C13H23N5/c1-6-18-11-10(9(2)16-18)15-12(14)17(11)8-7-13(3,4)5/h6-8H2,1-5H3,(H2,14,15). The van der Waals surface area contributed by atoms with E-state index in [1.54, 1.807) is 0 Å². The Hall–Kier alpha value is -1.52. The van der Waals surface area contributed by atoms with E-state index in [0.29, 0.717) is 5.95 Å². The van der Waals surface area contributed by atoms with Crippen molar-refractivity contribution in [3.8, 4) is 0 Å². The first-order valence-electron chi connectivity index (χ1n) is 6.52. The lowest BCUT2D eigenvalue weighted by Gasteiger charge is -2.19. The molecule has 2 N–H and O–H groups in total. The first-order chi connectivity index (χ1) is 8.33. The van der Waals surface area contributed by atoms with E-state index in [1.165, 1.54) is 0 Å². The Balaban J connectivity index is 2.45. The summed E-state index contributed by atoms with van der Waals surface area (Å²) >= 11 is 0. The molecule has 18 heavy (non-hydrogen) atoms. The molecule has 0 amide bonds. The Kier molecular flexibility index (Phi) is 3.09. The van der Waals surface area contributed by atoms with Gasteiger partial charge in [-0.25, -0.2) is 9.67 Å². The van der Waals surface area contributed by atoms with Gasteiger partial charge < -0.3 is 5.73 Å². The van der Waals surface area contributed by atoms with Crippen molar-refractivity contribution in [1.29, 1.82) is 0 Å². The molecule has 0 spiro atoms. The number of fused-ring (bicyclic) bond motifs is 1. The van der Waals surface area contributed by atoms with Crippen LogP contribution in [0.1, 0.15) is 39.8 Å². The van der Waals surface area contributed by atoms with E-state index < -0.39 is 0 Å². The van der Waals surface area contributed by atoms with Crippen LogP contribution in [0.3, 0.4) is 0 Å². The number of aromatic nitrogens is 4. The number of aryl methyl sites for hydroxylation is 3. The summed E-state index contributed by atoms with van der Waals surface area (Å²) in [6.45, 7) is 12.5. The molecule has 2 rings (SSSR count). The molecular weight excluding hydrogens is 226 g/mol. The molecule has 0 radical (unpaired) electrons. The van der Waals surface area contributed by atoms with E-state index in [4.69, 9.17) is 5.73 Å². The average molecular weight is 249 g/mol. The number of nitrogens with two attached hydrogens (primary N) is 1. The van der Waals surface area contributed by atoms with Gasteiger partial charge in [0.1, 0.15) is 5.52 Å². The maximum atomic E-state index is 6.03. The zero-order chi connectivity index (χ0) is 13.5. The predicted molar refractivity (Wildman–Crippen MR) is 74.4 cm³/mol. The number of imidazole rings is 1. The monoisotopic (exact) mass is 249 g/mol. The van der Waals surface area contributed by atoms with Gasteiger partial charge in [-0.3, -0.25) is 4.57 Å². The summed E-state index contributed by atoms with van der Waals surface area (Å²) in [4.78, 5) is 4.44. The van der Waals surface area contributed by atoms with E-state index in [0.717, 1.165) is 36.4 Å². The molecule has 0 aliphatic rings. The summed E-state index contributed by atoms with van der Waals surface area (Å²) in [5.41, 5.74) is 9.26. The largest absolute Gasteiger partial charge is 0.369 e. The fourth-order valence-electron chi connectivity index (χ4n) is 2.13. The van der Waals surface area contributed by atoms with Crippen molar-refractivity contribution in [3.05, 3.63) is 5.69 Å². The molecule has 2 aromatic heterocycles. The highest BCUT2D eigenvalue weighted by Gasteiger charge is 2.18. The molecular formula is C13H23N5. The van der Waals surface area contributed by atoms with Gasteiger partial charge in [0.25, 0.3) is 0 Å². The molecule has 0 atom stereocenters. The summed E-state index contributed by atoms with van der Waals surface area (Å²) in [6.07, 6.45) is 1.07. The number of nitrogens with zero attached hydrogens (tertiary/aromatic N) is 4. The van der Waals surface area contributed by atoms with Crippen molar-refractivity contribution < 1.29 is 0 Å². The molecule has 5 nitrogen and oxygen atoms in total. The minimum atomic E-state index is 0.287. The number of rotatable bonds is 3. The summed E-state index contributed by atoms with van der Waals surface area (Å²) in [5, 5.41) is 4.49. The van der Waals surface area contributed by atoms with E-state index in [2.05, 4.69) is 42.3 Å². The van der Waals surface area contributed by atoms with Crippen LogP contribution in [0.5, 0.6) is 0 Å². The van der Waals surface area contributed by atoms with Gasteiger partial charge in [0.2, 0.25) is 5.95 Å². The topological polar surface area (TPSA) is 61.7 Å². The van der Waals surface area contributed by atoms with E-state index in [-0.39, 0.29) is 5.41 Å². The van der Waals surface area contributed by atoms with Crippen molar-refractivity contribution in [2.45, 2.75) is 54.1 Å². The van der Waals surface area contributed by atoms with Crippen LogP contribution < -0.4 is 5.73 Å². The molecule has 0 unspecified atom stereocenters. The van der Waals surface area contributed by atoms with Crippen LogP contribution in [0.4, 0.5) is 5.95 Å². The van der Waals surface area contributed by atoms with Gasteiger partial charge >= 0.3 is 0 Å². The Morgan fingerprint density at radius 1 is 1.28 bits per heavy atom. The molecule has 5 heteroatoms. The average Bonchev–Trinajstić information content (AvgIpc) is 2.73. The van der Waals surface area contributed by atoms with Crippen LogP contribution in [0.25, 0.3) is 11.2 Å². The lowest BCUT2D eigenvalue weighted by molar-refractivity contribution is 0.352. The fraction of sp³-hybridized carbons (Fsp3) is 0.692. The third-order valence-electron chi connectivity index (χ3n) is 3.21. The van der Waals surface area contributed by atoms with Crippen molar-refractivity contribution >= 4 is 17.1 Å². The minimum absolute atomic E-state index is 0.287. The van der Waals surface area contributed by atoms with Crippen molar-refractivity contribution in [3.63, 3.8) is 0 Å². The third-order valence-corrected chi connectivity index (χ3v) is 3.21. The lowest BCUT2D eigenvalue weighted by Crippen LogP contribution is -2.14. The van der Waals surface area contributed by atoms with Crippen molar-refractivity contribution in [2.24, 2.45) is 5.41 Å². The molecule has 2 aromatic rings. The smallest absolute Gasteiger partial charge is 0.202 e. The highest BCUT2D eigenvalue weighted by Crippen LogP contribution is 2.25. The second-order valence-corrected chi connectivity index (χ2v) is 6.01. The van der Waals surface area contributed by atoms with Crippen molar-refractivity contribution in [2.75, 3.05) is 5.73 Å². The van der Waals surface area contributed by atoms with E-state index in [9.17, 15) is 0 Å². The molecule has 0 saturated carbocycles. The molecule has 2 heterocycles. The Morgan fingerprint density at radius 3 is 2.50 bits per heavy atom. The zero-order valence-electron chi connectivity index (χ0n) is 12.0. The normalized spacial score (nSPS) is 12.5. The third kappa shape index (κ3) is 2.21. The van der Waals surface area contributed by atoms with Crippen LogP contribution >= 0.6 is 0 Å². The van der Waals surface area contributed by atoms with Gasteiger partial charge in [-0.1, -0.05) is 20.8 Å². The highest BCUT2D eigenvalue weighted by atomic mass is 15.4. The van der Waals surface area contributed by atoms with Gasteiger partial charge in [0.15, 0.2) is 5.65 Å². The summed E-state index contributed by atoms with van der Waals surface area (Å²) in [7, 11) is 0. The summed E-state index contributed by atoms with van der Waals surface area (Å²) in [5.74, 6) is 0.594. The number of anilines is 1. The summed E-state index contributed by atoms with van der Waals surface area (Å²) in [6, 6.07) is 0. The minimum Gasteiger partial charge on any atom is -0.369 e. The zero-order valence-corrected chi connectivity index (χ0v) is 12.0. The molecule has 0 fully saturated rings. The van der Waals surface area contributed by atoms with Crippen molar-refractivity contribution in [1.82, 2.24) is 19.3 Å². The Bertz CT molecular complexity index is 556. The van der Waals surface area contributed by atoms with E-state index in [1.807, 2.05) is 11.6 Å². The second kappa shape index (κ2) is 4.30. The molecule has 0 saturated heterocycles. The first kappa shape index (κ1) is 12.9. The first-order valence-corrected chi connectivity index (χ1v) is 6.52. The maximum Gasteiger partial charge on any atom is 0.202 e. The van der Waals surface area contributed by atoms with Gasteiger partial charge in [-0.15, -0.1) is 0 Å². The molecule has 0 aromatic carbocycles. The van der Waals surface area contributed by atoms with Crippen LogP contribution in [-0.4, -0.2) is 19.3 Å². The maximum absolute atomic E-state index is 6.03. The SMILES string of the molecule is CCn1nc(C)c2nc(N)n(CCC(C)(C)C)c21. The van der Waals surface area contributed by atoms with Gasteiger partial charge in [-0.2, -0.15) is 5.10 Å². The van der Waals surface area contributed by atoms with Crippen LogP contribution in [-0.2, 0) is 13.1 Å². The Labute approximate surface area is 108 Å². The highest BCUT2D eigenvalue weighted by molar-refractivity contribution is 5.77. The van der Waals surface area contributed by atoms with Crippen LogP contribution in [0.2, 0.25) is 0 Å². The molecule has 0 aliphatic heterocycles. The lowest BCUT2D eigenvalue weighted by atomic mass is 9.92. The molecule has 100 valence electrons. The molecule has 0 bridgehead atoms. The second-order valence-electron chi connectivity index (χ2n) is 6.01.